The van der Waals surface area contributed by atoms with Crippen LogP contribution in [0.5, 0.6) is 0 Å². The number of hydrogen-bond donors (Lipinski definition) is 0. The minimum atomic E-state index is 0.402. The van der Waals surface area contributed by atoms with E-state index in [4.69, 9.17) is 11.6 Å². The van der Waals surface area contributed by atoms with Crippen molar-refractivity contribution in [3.63, 3.8) is 0 Å². The molecule has 0 fully saturated rings. The Morgan fingerprint density at radius 2 is 2.42 bits per heavy atom. The van der Waals surface area contributed by atoms with Crippen LogP contribution in [-0.2, 0) is 0 Å². The summed E-state index contributed by atoms with van der Waals surface area (Å²) < 4.78 is 0. The van der Waals surface area contributed by atoms with Gasteiger partial charge in [-0.3, -0.25) is 4.99 Å². The van der Waals surface area contributed by atoms with Crippen LogP contribution in [0.15, 0.2) is 22.1 Å². The maximum atomic E-state index is 5.80. The fourth-order valence-electron chi connectivity index (χ4n) is 0.927. The summed E-state index contributed by atoms with van der Waals surface area (Å²) in [6, 6.07) is 0. The smallest absolute Gasteiger partial charge is 0.130 e. The molecule has 1 heterocycles. The average Bonchev–Trinajstić information content (AvgIpc) is 2.28. The lowest BCUT2D eigenvalue weighted by Gasteiger charge is -2.06. The SMILES string of the molecule is CCC(C)C1=NCC=CC(Cl)=N1. The first-order valence-electron chi connectivity index (χ1n) is 4.19. The quantitative estimate of drug-likeness (QED) is 0.631. The maximum absolute atomic E-state index is 5.80. The van der Waals surface area contributed by atoms with Gasteiger partial charge >= 0.3 is 0 Å². The molecule has 0 aromatic carbocycles. The Bertz CT molecular complexity index is 241. The lowest BCUT2D eigenvalue weighted by atomic mass is 10.1. The fraction of sp³-hybridized carbons (Fsp3) is 0.556. The van der Waals surface area contributed by atoms with Crippen molar-refractivity contribution in [2.24, 2.45) is 15.9 Å². The van der Waals surface area contributed by atoms with Crippen LogP contribution in [0.3, 0.4) is 0 Å². The normalized spacial score (nSPS) is 19.6. The molecule has 0 spiro atoms. The van der Waals surface area contributed by atoms with Crippen LogP contribution in [0.4, 0.5) is 0 Å². The molecule has 0 N–H and O–H groups in total. The van der Waals surface area contributed by atoms with Crippen LogP contribution in [0.25, 0.3) is 0 Å². The van der Waals surface area contributed by atoms with Gasteiger partial charge in [0.15, 0.2) is 0 Å². The summed E-state index contributed by atoms with van der Waals surface area (Å²) in [7, 11) is 0. The second-order valence-corrected chi connectivity index (χ2v) is 3.23. The molecular weight excluding hydrogens is 172 g/mol. The molecule has 0 aliphatic carbocycles. The van der Waals surface area contributed by atoms with Crippen molar-refractivity contribution < 1.29 is 0 Å². The van der Waals surface area contributed by atoms with Crippen molar-refractivity contribution in [2.75, 3.05) is 6.54 Å². The molecule has 1 unspecified atom stereocenters. The molecular formula is C9H13ClN2. The highest BCUT2D eigenvalue weighted by Crippen LogP contribution is 2.09. The van der Waals surface area contributed by atoms with Crippen LogP contribution >= 0.6 is 11.6 Å². The Morgan fingerprint density at radius 3 is 3.08 bits per heavy atom. The van der Waals surface area contributed by atoms with E-state index >= 15 is 0 Å². The Hall–Kier alpha value is -0.630. The standard InChI is InChI=1S/C9H13ClN2/c1-3-7(2)9-11-6-4-5-8(10)12-9/h4-5,7H,3,6H2,1-2H3. The van der Waals surface area contributed by atoms with Crippen LogP contribution in [0, 0.1) is 5.92 Å². The maximum Gasteiger partial charge on any atom is 0.130 e. The van der Waals surface area contributed by atoms with E-state index in [1.807, 2.05) is 6.08 Å². The molecule has 0 saturated heterocycles. The Labute approximate surface area is 78.1 Å². The predicted octanol–water partition coefficient (Wildman–Crippen LogP) is 2.64. The number of aliphatic imine (C=N–C) groups is 2. The van der Waals surface area contributed by atoms with Gasteiger partial charge in [0.25, 0.3) is 0 Å². The number of halogens is 1. The van der Waals surface area contributed by atoms with E-state index in [0.29, 0.717) is 17.6 Å². The van der Waals surface area contributed by atoms with Crippen molar-refractivity contribution in [2.45, 2.75) is 20.3 Å². The van der Waals surface area contributed by atoms with E-state index in [2.05, 4.69) is 23.8 Å². The molecule has 1 atom stereocenters. The van der Waals surface area contributed by atoms with E-state index in [1.165, 1.54) is 0 Å². The van der Waals surface area contributed by atoms with Gasteiger partial charge in [-0.15, -0.1) is 0 Å². The molecule has 0 radical (unpaired) electrons. The molecule has 3 heteroatoms. The minimum absolute atomic E-state index is 0.402. The summed E-state index contributed by atoms with van der Waals surface area (Å²) in [5.74, 6) is 1.27. The van der Waals surface area contributed by atoms with E-state index in [9.17, 15) is 0 Å². The van der Waals surface area contributed by atoms with Crippen LogP contribution in [0.1, 0.15) is 20.3 Å². The molecule has 0 aromatic heterocycles. The Balaban J connectivity index is 2.78. The molecule has 66 valence electrons. The molecule has 1 aliphatic heterocycles. The highest BCUT2D eigenvalue weighted by atomic mass is 35.5. The van der Waals surface area contributed by atoms with E-state index < -0.39 is 0 Å². The van der Waals surface area contributed by atoms with Crippen LogP contribution in [0.2, 0.25) is 0 Å². The molecule has 2 nitrogen and oxygen atoms in total. The van der Waals surface area contributed by atoms with Gasteiger partial charge in [0.1, 0.15) is 11.0 Å². The third-order valence-electron chi connectivity index (χ3n) is 1.89. The lowest BCUT2D eigenvalue weighted by molar-refractivity contribution is 0.730. The second-order valence-electron chi connectivity index (χ2n) is 2.85. The van der Waals surface area contributed by atoms with E-state index in [0.717, 1.165) is 12.3 Å². The van der Waals surface area contributed by atoms with Gasteiger partial charge in [0.2, 0.25) is 0 Å². The van der Waals surface area contributed by atoms with Crippen molar-refractivity contribution >= 4 is 22.6 Å². The number of rotatable bonds is 2. The van der Waals surface area contributed by atoms with Gasteiger partial charge in [-0.05, 0) is 12.5 Å². The zero-order valence-electron chi connectivity index (χ0n) is 7.42. The highest BCUT2D eigenvalue weighted by molar-refractivity contribution is 6.69. The third-order valence-corrected chi connectivity index (χ3v) is 2.10. The largest absolute Gasteiger partial charge is 0.266 e. The minimum Gasteiger partial charge on any atom is -0.266 e. The van der Waals surface area contributed by atoms with Crippen LogP contribution < -0.4 is 0 Å². The first-order valence-corrected chi connectivity index (χ1v) is 4.57. The van der Waals surface area contributed by atoms with E-state index in [-0.39, 0.29) is 0 Å². The summed E-state index contributed by atoms with van der Waals surface area (Å²) in [5, 5.41) is 0.534. The van der Waals surface area contributed by atoms with Gasteiger partial charge in [-0.1, -0.05) is 31.5 Å². The lowest BCUT2D eigenvalue weighted by Crippen LogP contribution is -2.08. The summed E-state index contributed by atoms with van der Waals surface area (Å²) in [5.41, 5.74) is 0. The number of nitrogens with zero attached hydrogens (tertiary/aromatic N) is 2. The molecule has 0 amide bonds. The predicted molar refractivity (Wildman–Crippen MR) is 54.2 cm³/mol. The molecule has 0 saturated carbocycles. The molecule has 0 aromatic rings. The zero-order chi connectivity index (χ0) is 8.97. The van der Waals surface area contributed by atoms with Gasteiger partial charge in [0, 0.05) is 5.92 Å². The molecule has 0 bridgehead atoms. The highest BCUT2D eigenvalue weighted by Gasteiger charge is 2.08. The van der Waals surface area contributed by atoms with E-state index in [1.54, 1.807) is 6.08 Å². The average molecular weight is 185 g/mol. The number of hydrogen-bond acceptors (Lipinski definition) is 2. The summed E-state index contributed by atoms with van der Waals surface area (Å²) >= 11 is 5.80. The van der Waals surface area contributed by atoms with Crippen molar-refractivity contribution in [3.8, 4) is 0 Å². The first kappa shape index (κ1) is 9.46. The molecule has 12 heavy (non-hydrogen) atoms. The van der Waals surface area contributed by atoms with Gasteiger partial charge in [-0.25, -0.2) is 4.99 Å². The number of allylic oxidation sites excluding steroid dienone is 1. The molecule has 1 rings (SSSR count). The monoisotopic (exact) mass is 184 g/mol. The third kappa shape index (κ3) is 2.45. The number of amidine groups is 1. The zero-order valence-corrected chi connectivity index (χ0v) is 8.17. The summed E-state index contributed by atoms with van der Waals surface area (Å²) in [6.45, 7) is 4.92. The fourth-order valence-corrected chi connectivity index (χ4v) is 1.10. The van der Waals surface area contributed by atoms with Gasteiger partial charge in [0.05, 0.1) is 6.54 Å². The first-order chi connectivity index (χ1) is 5.74. The second kappa shape index (κ2) is 4.41. The topological polar surface area (TPSA) is 24.7 Å². The van der Waals surface area contributed by atoms with Crippen molar-refractivity contribution in [1.82, 2.24) is 0 Å². The van der Waals surface area contributed by atoms with Gasteiger partial charge in [-0.2, -0.15) is 0 Å². The Kier molecular flexibility index (Phi) is 3.48. The van der Waals surface area contributed by atoms with Crippen molar-refractivity contribution in [1.29, 1.82) is 0 Å². The Morgan fingerprint density at radius 1 is 1.67 bits per heavy atom. The van der Waals surface area contributed by atoms with Crippen LogP contribution in [-0.4, -0.2) is 17.6 Å². The van der Waals surface area contributed by atoms with Crippen molar-refractivity contribution in [3.05, 3.63) is 12.2 Å². The molecule has 1 aliphatic rings. The van der Waals surface area contributed by atoms with Gasteiger partial charge < -0.3 is 0 Å². The summed E-state index contributed by atoms with van der Waals surface area (Å²) in [6.07, 6.45) is 4.76. The summed E-state index contributed by atoms with van der Waals surface area (Å²) in [4.78, 5) is 8.49.